The predicted octanol–water partition coefficient (Wildman–Crippen LogP) is 1.68. The molecule has 0 aliphatic carbocycles. The van der Waals surface area contributed by atoms with Crippen molar-refractivity contribution in [3.8, 4) is 5.75 Å². The van der Waals surface area contributed by atoms with Gasteiger partial charge in [-0.05, 0) is 31.7 Å². The Balaban J connectivity index is 2.02. The lowest BCUT2D eigenvalue weighted by molar-refractivity contribution is -0.147. The first-order valence-corrected chi connectivity index (χ1v) is 8.56. The lowest BCUT2D eigenvalue weighted by atomic mass is 9.85. The van der Waals surface area contributed by atoms with Gasteiger partial charge in [0.2, 0.25) is 0 Å². The van der Waals surface area contributed by atoms with E-state index < -0.39 is 24.2 Å². The number of hydrogen-bond acceptors (Lipinski definition) is 5. The molecule has 2 rings (SSSR count). The topological polar surface area (TPSA) is 107 Å². The molecule has 6 nitrogen and oxygen atoms in total. The average Bonchev–Trinajstić information content (AvgIpc) is 2.56. The van der Waals surface area contributed by atoms with Crippen LogP contribution in [0.1, 0.15) is 31.4 Å². The minimum atomic E-state index is -1.41. The van der Waals surface area contributed by atoms with Gasteiger partial charge >= 0.3 is 0 Å². The summed E-state index contributed by atoms with van der Waals surface area (Å²) in [5.41, 5.74) is 6.79. The Morgan fingerprint density at radius 2 is 1.79 bits per heavy atom. The van der Waals surface area contributed by atoms with Crippen molar-refractivity contribution in [2.45, 2.75) is 38.0 Å². The number of likely N-dealkylation sites (tertiary alicyclic amines) is 1. The van der Waals surface area contributed by atoms with E-state index in [0.29, 0.717) is 36.5 Å². The molecule has 1 aromatic carbocycles. The molecule has 2 unspecified atom stereocenters. The first-order valence-electron chi connectivity index (χ1n) is 7.80. The summed E-state index contributed by atoms with van der Waals surface area (Å²) >= 11 is 11.9. The highest BCUT2D eigenvalue weighted by molar-refractivity contribution is 6.42. The lowest BCUT2D eigenvalue weighted by Gasteiger charge is -2.36. The van der Waals surface area contributed by atoms with Gasteiger partial charge in [-0.15, -0.1) is 0 Å². The number of amides is 1. The number of aromatic hydroxyl groups is 1. The van der Waals surface area contributed by atoms with E-state index in [4.69, 9.17) is 28.9 Å². The number of carbonyl (C=O) groups is 1. The number of aliphatic hydroxyl groups excluding tert-OH is 2. The van der Waals surface area contributed by atoms with Gasteiger partial charge in [0, 0.05) is 30.8 Å². The lowest BCUT2D eigenvalue weighted by Crippen LogP contribution is -2.48. The Hall–Kier alpha value is -1.05. The number of aliphatic hydroxyl groups is 2. The number of nitrogens with zero attached hydrogens (tertiary/aromatic N) is 1. The average molecular weight is 377 g/mol. The largest absolute Gasteiger partial charge is 0.508 e. The number of halogens is 2. The molecular formula is C16H22Cl2N2O4. The molecule has 0 saturated carbocycles. The van der Waals surface area contributed by atoms with Gasteiger partial charge in [-0.2, -0.15) is 0 Å². The van der Waals surface area contributed by atoms with E-state index >= 15 is 0 Å². The van der Waals surface area contributed by atoms with Crippen LogP contribution in [0.15, 0.2) is 12.1 Å². The molecular weight excluding hydrogens is 355 g/mol. The molecule has 1 heterocycles. The molecule has 0 bridgehead atoms. The smallest absolute Gasteiger partial charge is 0.254 e. The summed E-state index contributed by atoms with van der Waals surface area (Å²) in [4.78, 5) is 13.6. The molecule has 24 heavy (non-hydrogen) atoms. The van der Waals surface area contributed by atoms with E-state index in [2.05, 4.69) is 0 Å². The molecule has 134 valence electrons. The summed E-state index contributed by atoms with van der Waals surface area (Å²) in [6, 6.07) is 2.51. The second kappa shape index (κ2) is 7.89. The molecule has 0 radical (unpaired) electrons. The number of hydrogen-bond donors (Lipinski definition) is 4. The van der Waals surface area contributed by atoms with Crippen LogP contribution in [-0.4, -0.2) is 51.4 Å². The number of rotatable bonds is 4. The van der Waals surface area contributed by atoms with Crippen LogP contribution in [0.25, 0.3) is 0 Å². The zero-order valence-corrected chi connectivity index (χ0v) is 14.8. The van der Waals surface area contributed by atoms with Gasteiger partial charge in [0.25, 0.3) is 5.91 Å². The van der Waals surface area contributed by atoms with Crippen LogP contribution in [0.5, 0.6) is 5.75 Å². The van der Waals surface area contributed by atoms with Crippen molar-refractivity contribution in [1.82, 2.24) is 4.90 Å². The van der Waals surface area contributed by atoms with Gasteiger partial charge in [0.05, 0.1) is 16.1 Å². The van der Waals surface area contributed by atoms with Crippen molar-refractivity contribution >= 4 is 29.1 Å². The molecule has 0 spiro atoms. The van der Waals surface area contributed by atoms with Crippen LogP contribution in [0.4, 0.5) is 0 Å². The molecule has 5 N–H and O–H groups in total. The zero-order valence-electron chi connectivity index (χ0n) is 13.3. The molecule has 0 aromatic heterocycles. The van der Waals surface area contributed by atoms with Crippen molar-refractivity contribution < 1.29 is 20.1 Å². The van der Waals surface area contributed by atoms with Gasteiger partial charge in [0.15, 0.2) is 6.10 Å². The summed E-state index contributed by atoms with van der Waals surface area (Å²) in [5, 5.41) is 29.6. The quantitative estimate of drug-likeness (QED) is 0.639. The Morgan fingerprint density at radius 3 is 2.33 bits per heavy atom. The number of phenolic OH excluding ortho intramolecular Hbond substituents is 1. The molecule has 1 aromatic rings. The fraction of sp³-hybridized carbons (Fsp3) is 0.562. The third-order valence-corrected chi connectivity index (χ3v) is 5.22. The van der Waals surface area contributed by atoms with Crippen molar-refractivity contribution in [2.75, 3.05) is 13.1 Å². The highest BCUT2D eigenvalue weighted by Gasteiger charge is 2.32. The fourth-order valence-corrected chi connectivity index (χ4v) is 3.28. The van der Waals surface area contributed by atoms with E-state index in [1.165, 1.54) is 17.9 Å². The first kappa shape index (κ1) is 19.3. The highest BCUT2D eigenvalue weighted by atomic mass is 35.5. The number of carbonyl (C=O) groups excluding carboxylic acids is 1. The van der Waals surface area contributed by atoms with Crippen LogP contribution in [-0.2, 0) is 4.79 Å². The normalized spacial score (nSPS) is 19.8. The Bertz CT molecular complexity index is 604. The summed E-state index contributed by atoms with van der Waals surface area (Å²) in [6.07, 6.45) is -1.27. The van der Waals surface area contributed by atoms with E-state index in [1.807, 2.05) is 0 Å². The van der Waals surface area contributed by atoms with Crippen molar-refractivity contribution in [3.05, 3.63) is 27.7 Å². The maximum Gasteiger partial charge on any atom is 0.254 e. The standard InChI is InChI=1S/C16H22Cl2N2O4/c1-8(21)15(23)16(24)20-4-2-9(3-5-20)14(19)10-6-11(17)12(18)7-13(10)22/h6-9,14-15,21-23H,2-5,19H2,1H3/t8?,14-,15?/m1/s1. The Kier molecular flexibility index (Phi) is 6.33. The van der Waals surface area contributed by atoms with Crippen LogP contribution in [0.2, 0.25) is 10.0 Å². The third-order valence-electron chi connectivity index (χ3n) is 4.50. The number of piperidine rings is 1. The predicted molar refractivity (Wildman–Crippen MR) is 92.0 cm³/mol. The summed E-state index contributed by atoms with van der Waals surface area (Å²) in [5.74, 6) is -0.421. The minimum absolute atomic E-state index is 0.0000616. The SMILES string of the molecule is CC(O)C(O)C(=O)N1CCC([C@@H](N)c2cc(Cl)c(Cl)cc2O)CC1. The third kappa shape index (κ3) is 4.13. The van der Waals surface area contributed by atoms with E-state index in [0.717, 1.165) is 0 Å². The number of nitrogens with two attached hydrogens (primary N) is 1. The van der Waals surface area contributed by atoms with E-state index in [-0.39, 0.29) is 16.7 Å². The van der Waals surface area contributed by atoms with Gasteiger partial charge in [-0.1, -0.05) is 23.2 Å². The van der Waals surface area contributed by atoms with Gasteiger partial charge in [-0.25, -0.2) is 0 Å². The Morgan fingerprint density at radius 1 is 1.25 bits per heavy atom. The summed E-state index contributed by atoms with van der Waals surface area (Å²) in [6.45, 7) is 2.24. The van der Waals surface area contributed by atoms with Crippen LogP contribution >= 0.6 is 23.2 Å². The summed E-state index contributed by atoms with van der Waals surface area (Å²) in [7, 11) is 0. The molecule has 3 atom stereocenters. The molecule has 1 aliphatic heterocycles. The molecule has 8 heteroatoms. The van der Waals surface area contributed by atoms with Gasteiger partial charge in [-0.3, -0.25) is 4.79 Å². The fourth-order valence-electron chi connectivity index (χ4n) is 2.95. The maximum absolute atomic E-state index is 12.0. The minimum Gasteiger partial charge on any atom is -0.508 e. The number of phenols is 1. The monoisotopic (exact) mass is 376 g/mol. The van der Waals surface area contributed by atoms with Gasteiger partial charge in [0.1, 0.15) is 5.75 Å². The van der Waals surface area contributed by atoms with Crippen molar-refractivity contribution in [3.63, 3.8) is 0 Å². The highest BCUT2D eigenvalue weighted by Crippen LogP contribution is 2.37. The molecule has 1 fully saturated rings. The second-order valence-corrected chi connectivity index (χ2v) is 7.01. The Labute approximate surface area is 150 Å². The van der Waals surface area contributed by atoms with E-state index in [9.17, 15) is 20.1 Å². The summed E-state index contributed by atoms with van der Waals surface area (Å²) < 4.78 is 0. The van der Waals surface area contributed by atoms with Crippen LogP contribution in [0.3, 0.4) is 0 Å². The first-order chi connectivity index (χ1) is 11.2. The van der Waals surface area contributed by atoms with Gasteiger partial charge < -0.3 is 26.0 Å². The molecule has 1 amide bonds. The van der Waals surface area contributed by atoms with E-state index in [1.54, 1.807) is 6.07 Å². The van der Waals surface area contributed by atoms with Crippen LogP contribution < -0.4 is 5.73 Å². The number of benzene rings is 1. The molecule has 1 saturated heterocycles. The van der Waals surface area contributed by atoms with Crippen LogP contribution in [0, 0.1) is 5.92 Å². The zero-order chi connectivity index (χ0) is 18.0. The maximum atomic E-state index is 12.0. The van der Waals surface area contributed by atoms with Crippen molar-refractivity contribution in [2.24, 2.45) is 11.7 Å². The van der Waals surface area contributed by atoms with Crippen molar-refractivity contribution in [1.29, 1.82) is 0 Å². The second-order valence-electron chi connectivity index (χ2n) is 6.20. The molecule has 1 aliphatic rings.